The predicted molar refractivity (Wildman–Crippen MR) is 135 cm³/mol. The second kappa shape index (κ2) is 10.6. The Morgan fingerprint density at radius 1 is 1.03 bits per heavy atom. The largest absolute Gasteiger partial charge is 0.497 e. The van der Waals surface area contributed by atoms with Crippen molar-refractivity contribution in [3.8, 4) is 28.6 Å². The fourth-order valence-electron chi connectivity index (χ4n) is 3.33. The number of thioether (sulfide) groups is 1. The Morgan fingerprint density at radius 2 is 1.79 bits per heavy atom. The molecule has 0 saturated heterocycles. The van der Waals surface area contributed by atoms with Crippen LogP contribution in [0.5, 0.6) is 11.5 Å². The first-order valence-electron chi connectivity index (χ1n) is 10.4. The third kappa shape index (κ3) is 5.18. The molecule has 1 heterocycles. The molecule has 0 bridgehead atoms. The van der Waals surface area contributed by atoms with E-state index in [0.717, 1.165) is 16.8 Å². The summed E-state index contributed by atoms with van der Waals surface area (Å²) in [6.45, 7) is 2.03. The summed E-state index contributed by atoms with van der Waals surface area (Å²) >= 11 is 7.73. The number of rotatable bonds is 8. The molecule has 0 saturated carbocycles. The van der Waals surface area contributed by atoms with Gasteiger partial charge in [-0.05, 0) is 43.3 Å². The second-order valence-corrected chi connectivity index (χ2v) is 8.71. The van der Waals surface area contributed by atoms with Crippen LogP contribution >= 0.6 is 23.4 Å². The molecule has 0 atom stereocenters. The molecule has 0 aliphatic carbocycles. The zero-order chi connectivity index (χ0) is 24.1. The number of nitrogens with one attached hydrogen (secondary N) is 1. The maximum absolute atomic E-state index is 12.7. The van der Waals surface area contributed by atoms with Crippen molar-refractivity contribution < 1.29 is 14.3 Å². The fourth-order valence-corrected chi connectivity index (χ4v) is 4.30. The van der Waals surface area contributed by atoms with Crippen molar-refractivity contribution in [3.63, 3.8) is 0 Å². The molecule has 1 amide bonds. The van der Waals surface area contributed by atoms with Crippen LogP contribution in [0.25, 0.3) is 17.1 Å². The summed E-state index contributed by atoms with van der Waals surface area (Å²) in [5.74, 6) is 1.69. The van der Waals surface area contributed by atoms with Crippen LogP contribution in [-0.4, -0.2) is 40.6 Å². The number of ether oxygens (including phenoxy) is 2. The minimum absolute atomic E-state index is 0.127. The highest BCUT2D eigenvalue weighted by Crippen LogP contribution is 2.33. The minimum atomic E-state index is -0.203. The van der Waals surface area contributed by atoms with Gasteiger partial charge in [-0.15, -0.1) is 10.2 Å². The van der Waals surface area contributed by atoms with E-state index in [1.54, 1.807) is 32.4 Å². The van der Waals surface area contributed by atoms with Gasteiger partial charge >= 0.3 is 0 Å². The molecule has 4 rings (SSSR count). The predicted octanol–water partition coefficient (Wildman–Crippen LogP) is 5.64. The van der Waals surface area contributed by atoms with Crippen LogP contribution in [0.15, 0.2) is 71.9 Å². The van der Waals surface area contributed by atoms with Gasteiger partial charge in [0.05, 0.1) is 30.7 Å². The van der Waals surface area contributed by atoms with E-state index in [1.165, 1.54) is 11.8 Å². The average Bonchev–Trinajstić information content (AvgIpc) is 3.27. The molecule has 7 nitrogen and oxygen atoms in total. The van der Waals surface area contributed by atoms with Gasteiger partial charge in [0.2, 0.25) is 5.91 Å². The SMILES string of the molecule is COc1ccc(NC(=O)CSc2nnc(-c3ccccc3Cl)n2-c2ccc(C)cc2)c(OC)c1. The van der Waals surface area contributed by atoms with Crippen molar-refractivity contribution in [2.45, 2.75) is 12.1 Å². The van der Waals surface area contributed by atoms with Gasteiger partial charge in [0.25, 0.3) is 0 Å². The van der Waals surface area contributed by atoms with Crippen LogP contribution in [0.1, 0.15) is 5.56 Å². The molecule has 174 valence electrons. The number of benzene rings is 3. The van der Waals surface area contributed by atoms with Gasteiger partial charge in [-0.3, -0.25) is 9.36 Å². The van der Waals surface area contributed by atoms with Crippen LogP contribution in [0.3, 0.4) is 0 Å². The van der Waals surface area contributed by atoms with Crippen LogP contribution in [0.4, 0.5) is 5.69 Å². The van der Waals surface area contributed by atoms with Gasteiger partial charge in [-0.1, -0.05) is 53.2 Å². The van der Waals surface area contributed by atoms with Gasteiger partial charge in [-0.2, -0.15) is 0 Å². The van der Waals surface area contributed by atoms with Crippen molar-refractivity contribution in [1.29, 1.82) is 0 Å². The summed E-state index contributed by atoms with van der Waals surface area (Å²) in [6.07, 6.45) is 0. The number of nitrogens with zero attached hydrogens (tertiary/aromatic N) is 3. The fraction of sp³-hybridized carbons (Fsp3) is 0.160. The van der Waals surface area contributed by atoms with Gasteiger partial charge in [0.1, 0.15) is 11.5 Å². The van der Waals surface area contributed by atoms with Crippen LogP contribution < -0.4 is 14.8 Å². The van der Waals surface area contributed by atoms with E-state index in [2.05, 4.69) is 15.5 Å². The Labute approximate surface area is 207 Å². The summed E-state index contributed by atoms with van der Waals surface area (Å²) < 4.78 is 12.5. The molecule has 4 aromatic rings. The Kier molecular flexibility index (Phi) is 7.40. The minimum Gasteiger partial charge on any atom is -0.497 e. The number of hydrogen-bond acceptors (Lipinski definition) is 6. The number of carbonyl (C=O) groups excluding carboxylic acids is 1. The van der Waals surface area contributed by atoms with E-state index in [-0.39, 0.29) is 11.7 Å². The highest BCUT2D eigenvalue weighted by Gasteiger charge is 2.19. The number of amides is 1. The zero-order valence-electron chi connectivity index (χ0n) is 18.9. The lowest BCUT2D eigenvalue weighted by Crippen LogP contribution is -2.15. The van der Waals surface area contributed by atoms with Crippen LogP contribution in [0, 0.1) is 6.92 Å². The maximum Gasteiger partial charge on any atom is 0.234 e. The van der Waals surface area contributed by atoms with Gasteiger partial charge in [0, 0.05) is 17.3 Å². The molecule has 3 aromatic carbocycles. The number of halogens is 1. The molecule has 34 heavy (non-hydrogen) atoms. The topological polar surface area (TPSA) is 78.3 Å². The molecule has 1 N–H and O–H groups in total. The van der Waals surface area contributed by atoms with E-state index < -0.39 is 0 Å². The van der Waals surface area contributed by atoms with E-state index >= 15 is 0 Å². The van der Waals surface area contributed by atoms with Crippen LogP contribution in [0.2, 0.25) is 5.02 Å². The van der Waals surface area contributed by atoms with E-state index in [0.29, 0.717) is 33.2 Å². The third-order valence-electron chi connectivity index (χ3n) is 5.06. The molecular weight excluding hydrogens is 472 g/mol. The molecule has 1 aromatic heterocycles. The number of aromatic nitrogens is 3. The Balaban J connectivity index is 1.59. The molecule has 0 unspecified atom stereocenters. The zero-order valence-corrected chi connectivity index (χ0v) is 20.5. The third-order valence-corrected chi connectivity index (χ3v) is 6.31. The first kappa shape index (κ1) is 23.7. The molecule has 0 aliphatic rings. The standard InChI is InChI=1S/C25H23ClN4O3S/c1-16-8-10-17(11-9-16)30-24(19-6-4-5-7-20(19)26)28-29-25(30)34-15-23(31)27-21-13-12-18(32-2)14-22(21)33-3/h4-14H,15H2,1-3H3,(H,27,31). The van der Waals surface area contributed by atoms with Crippen molar-refractivity contribution in [2.24, 2.45) is 0 Å². The normalized spacial score (nSPS) is 10.7. The lowest BCUT2D eigenvalue weighted by Gasteiger charge is -2.13. The molecule has 0 aliphatic heterocycles. The van der Waals surface area contributed by atoms with E-state index in [9.17, 15) is 4.79 Å². The van der Waals surface area contributed by atoms with Crippen molar-refractivity contribution in [1.82, 2.24) is 14.8 Å². The monoisotopic (exact) mass is 494 g/mol. The molecule has 0 radical (unpaired) electrons. The average molecular weight is 495 g/mol. The van der Waals surface area contributed by atoms with Crippen molar-refractivity contribution in [3.05, 3.63) is 77.3 Å². The quantitative estimate of drug-likeness (QED) is 0.319. The Morgan fingerprint density at radius 3 is 2.50 bits per heavy atom. The summed E-state index contributed by atoms with van der Waals surface area (Å²) in [6, 6.07) is 20.7. The van der Waals surface area contributed by atoms with E-state index in [4.69, 9.17) is 21.1 Å². The molecule has 0 spiro atoms. The second-order valence-electron chi connectivity index (χ2n) is 7.36. The Hall–Kier alpha value is -3.49. The van der Waals surface area contributed by atoms with Crippen molar-refractivity contribution in [2.75, 3.05) is 25.3 Å². The summed E-state index contributed by atoms with van der Waals surface area (Å²) in [7, 11) is 3.12. The highest BCUT2D eigenvalue weighted by atomic mass is 35.5. The van der Waals surface area contributed by atoms with Gasteiger partial charge in [-0.25, -0.2) is 0 Å². The maximum atomic E-state index is 12.7. The number of methoxy groups -OCH3 is 2. The first-order valence-corrected chi connectivity index (χ1v) is 11.8. The first-order chi connectivity index (χ1) is 16.5. The van der Waals surface area contributed by atoms with E-state index in [1.807, 2.05) is 60.0 Å². The number of carbonyl (C=O) groups is 1. The van der Waals surface area contributed by atoms with Gasteiger partial charge in [0.15, 0.2) is 11.0 Å². The number of aryl methyl sites for hydroxylation is 1. The molecule has 9 heteroatoms. The smallest absolute Gasteiger partial charge is 0.234 e. The number of anilines is 1. The van der Waals surface area contributed by atoms with Gasteiger partial charge < -0.3 is 14.8 Å². The molecular formula is C25H23ClN4O3S. The van der Waals surface area contributed by atoms with Crippen LogP contribution in [-0.2, 0) is 4.79 Å². The van der Waals surface area contributed by atoms with Crippen molar-refractivity contribution >= 4 is 35.0 Å². The summed E-state index contributed by atoms with van der Waals surface area (Å²) in [4.78, 5) is 12.7. The Bertz CT molecular complexity index is 1310. The lowest BCUT2D eigenvalue weighted by molar-refractivity contribution is -0.113. The summed E-state index contributed by atoms with van der Waals surface area (Å²) in [5, 5.41) is 12.8. The lowest BCUT2D eigenvalue weighted by atomic mass is 10.2. The highest BCUT2D eigenvalue weighted by molar-refractivity contribution is 7.99. The molecule has 0 fully saturated rings. The number of hydrogen-bond donors (Lipinski definition) is 1. The summed E-state index contributed by atoms with van der Waals surface area (Å²) in [5.41, 5.74) is 3.34.